The molecule has 1 aliphatic heterocycles. The minimum absolute atomic E-state index is 0.531. The predicted octanol–water partition coefficient (Wildman–Crippen LogP) is 1.69. The van der Waals surface area contributed by atoms with Crippen molar-refractivity contribution in [2.45, 2.75) is 32.6 Å². The van der Waals surface area contributed by atoms with Gasteiger partial charge in [-0.05, 0) is 19.3 Å². The fourth-order valence-corrected chi connectivity index (χ4v) is 1.22. The Morgan fingerprint density at radius 1 is 1.46 bits per heavy atom. The van der Waals surface area contributed by atoms with Gasteiger partial charge < -0.3 is 10.0 Å². The van der Waals surface area contributed by atoms with Crippen LogP contribution < -0.4 is 0 Å². The molecule has 0 bridgehead atoms. The summed E-state index contributed by atoms with van der Waals surface area (Å²) in [5.41, 5.74) is 0. The topological polar surface area (TPSA) is 50.9 Å². The molecule has 1 heterocycles. The Bertz CT molecular complexity index is 167. The third kappa shape index (κ3) is 3.48. The highest BCUT2D eigenvalue weighted by Crippen LogP contribution is 2.07. The van der Waals surface area contributed by atoms with Crippen LogP contribution in [0, 0.1) is 5.21 Å². The number of hydrogen-bond acceptors (Lipinski definition) is 3. The highest BCUT2D eigenvalue weighted by atomic mass is 16.7. The number of hydrazine groups is 1. The van der Waals surface area contributed by atoms with Crippen molar-refractivity contribution in [3.05, 3.63) is 5.21 Å². The van der Waals surface area contributed by atoms with E-state index in [4.69, 9.17) is 4.84 Å². The molecule has 0 unspecified atom stereocenters. The molecule has 5 nitrogen and oxygen atoms in total. The van der Waals surface area contributed by atoms with E-state index in [1.165, 1.54) is 0 Å². The Morgan fingerprint density at radius 2 is 2.15 bits per heavy atom. The van der Waals surface area contributed by atoms with Gasteiger partial charge in [0.15, 0.2) is 0 Å². The molecule has 1 rings (SSSR count). The van der Waals surface area contributed by atoms with Crippen molar-refractivity contribution >= 4 is 0 Å². The number of nitrogens with zero attached hydrogens (tertiary/aromatic N) is 3. The second-order valence-electron chi connectivity index (χ2n) is 3.18. The molecule has 0 saturated carbocycles. The van der Waals surface area contributed by atoms with E-state index in [9.17, 15) is 5.21 Å². The van der Waals surface area contributed by atoms with Crippen LogP contribution in [0.5, 0.6) is 0 Å². The molecule has 5 heteroatoms. The van der Waals surface area contributed by atoms with Gasteiger partial charge in [0.05, 0.1) is 18.1 Å². The van der Waals surface area contributed by atoms with E-state index >= 15 is 0 Å². The molecule has 1 fully saturated rings. The molecule has 0 aliphatic carbocycles. The summed E-state index contributed by atoms with van der Waals surface area (Å²) in [5.74, 6) is 0. The zero-order valence-corrected chi connectivity index (χ0v) is 8.11. The second kappa shape index (κ2) is 5.61. The number of rotatable bonds is 5. The standard InChI is InChI=1S/C8H17N3O2/c1-2-3-8-13-9-11(12)10-6-4-5-7-10/h2-8H2,1H3/b11-9+. The molecular weight excluding hydrogens is 170 g/mol. The minimum atomic E-state index is 0.531. The summed E-state index contributed by atoms with van der Waals surface area (Å²) in [4.78, 5) is 5.42. The molecular formula is C8H17N3O2. The summed E-state index contributed by atoms with van der Waals surface area (Å²) in [7, 11) is 0. The average molecular weight is 187 g/mol. The van der Waals surface area contributed by atoms with Crippen LogP contribution in [0.4, 0.5) is 0 Å². The van der Waals surface area contributed by atoms with Gasteiger partial charge in [-0.1, -0.05) is 13.3 Å². The van der Waals surface area contributed by atoms with Crippen molar-refractivity contribution in [1.29, 1.82) is 0 Å². The van der Waals surface area contributed by atoms with E-state index in [2.05, 4.69) is 12.2 Å². The summed E-state index contributed by atoms with van der Waals surface area (Å²) in [5, 5.41) is 16.3. The predicted molar refractivity (Wildman–Crippen MR) is 47.7 cm³/mol. The summed E-state index contributed by atoms with van der Waals surface area (Å²) in [6.07, 6.45) is 4.14. The van der Waals surface area contributed by atoms with Gasteiger partial charge in [0.1, 0.15) is 6.61 Å². The number of hydrogen-bond donors (Lipinski definition) is 0. The SMILES string of the molecule is CCCCO/N=[N+](/[O-])N1CCCC1. The van der Waals surface area contributed by atoms with E-state index in [1.807, 2.05) is 0 Å². The van der Waals surface area contributed by atoms with Crippen molar-refractivity contribution in [2.24, 2.45) is 5.28 Å². The van der Waals surface area contributed by atoms with Crippen molar-refractivity contribution in [1.82, 2.24) is 5.01 Å². The van der Waals surface area contributed by atoms with Crippen molar-refractivity contribution in [3.8, 4) is 0 Å². The lowest BCUT2D eigenvalue weighted by Crippen LogP contribution is -2.27. The minimum Gasteiger partial charge on any atom is -0.569 e. The molecule has 0 aromatic heterocycles. The maximum Gasteiger partial charge on any atom is 0.233 e. The van der Waals surface area contributed by atoms with E-state index in [1.54, 1.807) is 5.01 Å². The monoisotopic (exact) mass is 187 g/mol. The summed E-state index contributed by atoms with van der Waals surface area (Å²) in [6, 6.07) is 0. The van der Waals surface area contributed by atoms with Gasteiger partial charge >= 0.3 is 0 Å². The van der Waals surface area contributed by atoms with Gasteiger partial charge in [0.2, 0.25) is 5.28 Å². The molecule has 0 atom stereocenters. The van der Waals surface area contributed by atoms with Crippen molar-refractivity contribution in [2.75, 3.05) is 19.7 Å². The lowest BCUT2D eigenvalue weighted by atomic mass is 10.4. The van der Waals surface area contributed by atoms with Crippen LogP contribution in [0.15, 0.2) is 5.28 Å². The second-order valence-corrected chi connectivity index (χ2v) is 3.18. The van der Waals surface area contributed by atoms with Gasteiger partial charge in [-0.15, -0.1) is 5.01 Å². The quantitative estimate of drug-likeness (QED) is 0.285. The van der Waals surface area contributed by atoms with E-state index in [-0.39, 0.29) is 0 Å². The molecule has 76 valence electrons. The first-order valence-corrected chi connectivity index (χ1v) is 4.89. The third-order valence-corrected chi connectivity index (χ3v) is 2.04. The van der Waals surface area contributed by atoms with Crippen molar-refractivity contribution in [3.63, 3.8) is 0 Å². The van der Waals surface area contributed by atoms with Crippen LogP contribution in [0.25, 0.3) is 0 Å². The van der Waals surface area contributed by atoms with Crippen LogP contribution in [-0.4, -0.2) is 29.7 Å². The highest BCUT2D eigenvalue weighted by Gasteiger charge is 2.18. The van der Waals surface area contributed by atoms with Gasteiger partial charge in [0.25, 0.3) is 0 Å². The van der Waals surface area contributed by atoms with Crippen LogP contribution in [0.2, 0.25) is 0 Å². The Hall–Kier alpha value is -1.00. The molecule has 0 aromatic rings. The molecule has 0 N–H and O–H groups in total. The largest absolute Gasteiger partial charge is 0.569 e. The molecule has 13 heavy (non-hydrogen) atoms. The van der Waals surface area contributed by atoms with Gasteiger partial charge in [-0.3, -0.25) is 0 Å². The van der Waals surface area contributed by atoms with Gasteiger partial charge in [-0.25, -0.2) is 0 Å². The van der Waals surface area contributed by atoms with E-state index < -0.39 is 0 Å². The van der Waals surface area contributed by atoms with Gasteiger partial charge in [0, 0.05) is 0 Å². The summed E-state index contributed by atoms with van der Waals surface area (Å²) >= 11 is 0. The lowest BCUT2D eigenvalue weighted by Gasteiger charge is -2.09. The fraction of sp³-hybridized carbons (Fsp3) is 1.00. The fourth-order valence-electron chi connectivity index (χ4n) is 1.22. The van der Waals surface area contributed by atoms with Crippen molar-refractivity contribution < 1.29 is 9.81 Å². The Labute approximate surface area is 78.5 Å². The summed E-state index contributed by atoms with van der Waals surface area (Å²) < 4.78 is 0. The molecule has 0 radical (unpaired) electrons. The van der Waals surface area contributed by atoms with Crippen LogP contribution in [-0.2, 0) is 4.84 Å². The number of unbranched alkanes of at least 4 members (excludes halogenated alkanes) is 1. The summed E-state index contributed by atoms with van der Waals surface area (Å²) in [6.45, 7) is 4.19. The van der Waals surface area contributed by atoms with Crippen LogP contribution in [0.1, 0.15) is 32.6 Å². The Morgan fingerprint density at radius 3 is 2.77 bits per heavy atom. The molecule has 0 amide bonds. The Balaban J connectivity index is 2.16. The zero-order chi connectivity index (χ0) is 9.52. The first-order chi connectivity index (χ1) is 6.34. The maximum absolute atomic E-state index is 11.2. The first-order valence-electron chi connectivity index (χ1n) is 4.89. The third-order valence-electron chi connectivity index (χ3n) is 2.04. The average Bonchev–Trinajstić information content (AvgIpc) is 2.65. The molecule has 1 saturated heterocycles. The Kier molecular flexibility index (Phi) is 4.35. The van der Waals surface area contributed by atoms with Crippen LogP contribution >= 0.6 is 0 Å². The smallest absolute Gasteiger partial charge is 0.233 e. The van der Waals surface area contributed by atoms with E-state index in [0.29, 0.717) is 11.6 Å². The normalized spacial score (nSPS) is 17.9. The molecule has 0 aromatic carbocycles. The maximum atomic E-state index is 11.2. The van der Waals surface area contributed by atoms with Crippen LogP contribution in [0.3, 0.4) is 0 Å². The molecule has 1 aliphatic rings. The molecule has 0 spiro atoms. The highest BCUT2D eigenvalue weighted by molar-refractivity contribution is 4.55. The van der Waals surface area contributed by atoms with Gasteiger partial charge in [-0.2, -0.15) is 0 Å². The van der Waals surface area contributed by atoms with E-state index in [0.717, 1.165) is 38.8 Å². The first kappa shape index (κ1) is 10.1. The lowest BCUT2D eigenvalue weighted by molar-refractivity contribution is -0.707. The zero-order valence-electron chi connectivity index (χ0n) is 8.11.